The van der Waals surface area contributed by atoms with Gasteiger partial charge in [0.25, 0.3) is 0 Å². The Hall–Kier alpha value is -2.71. The van der Waals surface area contributed by atoms with Gasteiger partial charge in [-0.3, -0.25) is 0 Å². The molecule has 1 unspecified atom stereocenters. The van der Waals surface area contributed by atoms with E-state index in [2.05, 4.69) is 0 Å². The lowest BCUT2D eigenvalue weighted by atomic mass is 10.1. The smallest absolute Gasteiger partial charge is 0.336 e. The molecule has 0 saturated carbocycles. The monoisotopic (exact) mass is 322 g/mol. The van der Waals surface area contributed by atoms with Crippen LogP contribution in [-0.2, 0) is 11.1 Å². The summed E-state index contributed by atoms with van der Waals surface area (Å²) in [6, 6.07) is 9.36. The Morgan fingerprint density at radius 3 is 2.18 bits per heavy atom. The Balaban J connectivity index is 2.43. The molecule has 0 spiro atoms. The van der Waals surface area contributed by atoms with Crippen LogP contribution in [0.25, 0.3) is 0 Å². The third kappa shape index (κ3) is 3.30. The molecule has 8 heteroatoms. The van der Waals surface area contributed by atoms with Crippen LogP contribution in [0.3, 0.4) is 0 Å². The summed E-state index contributed by atoms with van der Waals surface area (Å²) in [6.07, 6.45) is 0. The van der Waals surface area contributed by atoms with E-state index in [1.165, 1.54) is 18.2 Å². The largest absolute Gasteiger partial charge is 0.478 e. The average molecular weight is 322 g/mol. The summed E-state index contributed by atoms with van der Waals surface area (Å²) in [7, 11) is 0. The Kier molecular flexibility index (Phi) is 4.54. The number of carboxylic acid groups (broad SMARTS) is 2. The minimum atomic E-state index is -2.28. The standard InChI is InChI=1S/C14H10O7S/c15-13(16)9-6-5-8(7-10(9)14(17)18)21-11-3-1-2-4-12(11)22(19)20/h1-7H,(H,15,16)(H,17,18)(H,19,20). The van der Waals surface area contributed by atoms with Gasteiger partial charge in [0, 0.05) is 0 Å². The molecule has 0 fully saturated rings. The highest BCUT2D eigenvalue weighted by molar-refractivity contribution is 7.79. The number of rotatable bonds is 5. The maximum Gasteiger partial charge on any atom is 0.336 e. The van der Waals surface area contributed by atoms with Gasteiger partial charge in [-0.2, -0.15) is 0 Å². The highest BCUT2D eigenvalue weighted by atomic mass is 32.2. The van der Waals surface area contributed by atoms with Crippen LogP contribution in [0.15, 0.2) is 47.4 Å². The van der Waals surface area contributed by atoms with Gasteiger partial charge in [-0.25, -0.2) is 13.8 Å². The molecule has 1 atom stereocenters. The predicted octanol–water partition coefficient (Wildman–Crippen LogP) is 2.46. The van der Waals surface area contributed by atoms with E-state index >= 15 is 0 Å². The van der Waals surface area contributed by atoms with Crippen LogP contribution in [0.2, 0.25) is 0 Å². The summed E-state index contributed by atoms with van der Waals surface area (Å²) in [5.74, 6) is -2.68. The van der Waals surface area contributed by atoms with E-state index in [9.17, 15) is 13.8 Å². The van der Waals surface area contributed by atoms with Gasteiger partial charge in [-0.1, -0.05) is 12.1 Å². The van der Waals surface area contributed by atoms with Crippen molar-refractivity contribution >= 4 is 23.0 Å². The normalized spacial score (nSPS) is 11.7. The third-order valence-electron chi connectivity index (χ3n) is 2.72. The van der Waals surface area contributed by atoms with Gasteiger partial charge in [-0.15, -0.1) is 0 Å². The summed E-state index contributed by atoms with van der Waals surface area (Å²) in [5.41, 5.74) is -0.813. The minimum absolute atomic E-state index is 0.0155. The van der Waals surface area contributed by atoms with E-state index in [4.69, 9.17) is 19.5 Å². The lowest BCUT2D eigenvalue weighted by Crippen LogP contribution is -2.08. The molecule has 2 rings (SSSR count). The summed E-state index contributed by atoms with van der Waals surface area (Å²) in [4.78, 5) is 22.1. The molecule has 0 bridgehead atoms. The van der Waals surface area contributed by atoms with Crippen molar-refractivity contribution in [1.29, 1.82) is 0 Å². The van der Waals surface area contributed by atoms with Crippen LogP contribution < -0.4 is 4.74 Å². The number of carboxylic acids is 2. The molecule has 2 aromatic rings. The van der Waals surface area contributed by atoms with Crippen molar-refractivity contribution in [2.24, 2.45) is 0 Å². The van der Waals surface area contributed by atoms with Crippen molar-refractivity contribution in [3.8, 4) is 11.5 Å². The molecule has 114 valence electrons. The van der Waals surface area contributed by atoms with E-state index in [0.717, 1.165) is 12.1 Å². The number of aromatic carboxylic acids is 2. The van der Waals surface area contributed by atoms with Gasteiger partial charge < -0.3 is 19.5 Å². The average Bonchev–Trinajstić information content (AvgIpc) is 2.47. The summed E-state index contributed by atoms with van der Waals surface area (Å²) >= 11 is -2.28. The van der Waals surface area contributed by atoms with Crippen LogP contribution in [0, 0.1) is 0 Å². The van der Waals surface area contributed by atoms with E-state index < -0.39 is 28.6 Å². The second-order valence-electron chi connectivity index (χ2n) is 4.12. The molecule has 0 aliphatic rings. The van der Waals surface area contributed by atoms with Gasteiger partial charge in [-0.05, 0) is 30.3 Å². The highest BCUT2D eigenvalue weighted by Crippen LogP contribution is 2.28. The molecule has 0 aromatic heterocycles. The van der Waals surface area contributed by atoms with Crippen LogP contribution in [-0.4, -0.2) is 30.9 Å². The first-order chi connectivity index (χ1) is 10.4. The van der Waals surface area contributed by atoms with Crippen molar-refractivity contribution in [1.82, 2.24) is 0 Å². The fraction of sp³-hybridized carbons (Fsp3) is 0. The molecular weight excluding hydrogens is 312 g/mol. The SMILES string of the molecule is O=C(O)c1ccc(Oc2ccccc2S(=O)O)cc1C(=O)O. The van der Waals surface area contributed by atoms with Gasteiger partial charge in [0.2, 0.25) is 0 Å². The van der Waals surface area contributed by atoms with Crippen LogP contribution >= 0.6 is 0 Å². The second-order valence-corrected chi connectivity index (χ2v) is 5.05. The first-order valence-electron chi connectivity index (χ1n) is 5.88. The molecule has 3 N–H and O–H groups in total. The zero-order valence-corrected chi connectivity index (χ0v) is 11.7. The molecule has 0 aliphatic carbocycles. The zero-order chi connectivity index (χ0) is 16.3. The molecule has 22 heavy (non-hydrogen) atoms. The molecule has 0 amide bonds. The second kappa shape index (κ2) is 6.37. The minimum Gasteiger partial charge on any atom is -0.478 e. The summed E-state index contributed by atoms with van der Waals surface area (Å²) in [6.45, 7) is 0. The fourth-order valence-electron chi connectivity index (χ4n) is 1.76. The number of hydrogen-bond donors (Lipinski definition) is 3. The van der Waals surface area contributed by atoms with Gasteiger partial charge in [0.15, 0.2) is 11.1 Å². The highest BCUT2D eigenvalue weighted by Gasteiger charge is 2.18. The first-order valence-corrected chi connectivity index (χ1v) is 6.99. The Labute approximate surface area is 127 Å². The molecule has 7 nitrogen and oxygen atoms in total. The summed E-state index contributed by atoms with van der Waals surface area (Å²) in [5, 5.41) is 18.0. The topological polar surface area (TPSA) is 121 Å². The number of ether oxygens (including phenoxy) is 1. The molecule has 0 heterocycles. The molecular formula is C14H10O7S. The van der Waals surface area contributed by atoms with Crippen molar-refractivity contribution < 1.29 is 33.3 Å². The predicted molar refractivity (Wildman–Crippen MR) is 75.9 cm³/mol. The number of hydrogen-bond acceptors (Lipinski definition) is 4. The molecule has 0 aliphatic heterocycles. The maximum absolute atomic E-state index is 11.2. The van der Waals surface area contributed by atoms with Crippen molar-refractivity contribution in [2.45, 2.75) is 4.90 Å². The van der Waals surface area contributed by atoms with E-state index in [1.807, 2.05) is 0 Å². The Morgan fingerprint density at radius 2 is 1.59 bits per heavy atom. The van der Waals surface area contributed by atoms with E-state index in [1.54, 1.807) is 12.1 Å². The Bertz CT molecular complexity index is 770. The zero-order valence-electron chi connectivity index (χ0n) is 10.9. The molecule has 0 saturated heterocycles. The fourth-order valence-corrected chi connectivity index (χ4v) is 2.23. The van der Waals surface area contributed by atoms with Crippen molar-refractivity contribution in [3.05, 3.63) is 53.6 Å². The van der Waals surface area contributed by atoms with Gasteiger partial charge in [0.1, 0.15) is 16.4 Å². The van der Waals surface area contributed by atoms with Crippen LogP contribution in [0.4, 0.5) is 0 Å². The first kappa shape index (κ1) is 15.7. The third-order valence-corrected chi connectivity index (χ3v) is 3.43. The van der Waals surface area contributed by atoms with Crippen LogP contribution in [0.1, 0.15) is 20.7 Å². The number of benzene rings is 2. The quantitative estimate of drug-likeness (QED) is 0.723. The van der Waals surface area contributed by atoms with Crippen LogP contribution in [0.5, 0.6) is 11.5 Å². The molecule has 2 aromatic carbocycles. The lowest BCUT2D eigenvalue weighted by Gasteiger charge is -2.10. The van der Waals surface area contributed by atoms with Gasteiger partial charge in [0.05, 0.1) is 11.1 Å². The van der Waals surface area contributed by atoms with Gasteiger partial charge >= 0.3 is 11.9 Å². The summed E-state index contributed by atoms with van der Waals surface area (Å²) < 4.78 is 25.7. The molecule has 0 radical (unpaired) electrons. The van der Waals surface area contributed by atoms with E-state index in [-0.39, 0.29) is 22.0 Å². The Morgan fingerprint density at radius 1 is 0.955 bits per heavy atom. The van der Waals surface area contributed by atoms with E-state index in [0.29, 0.717) is 0 Å². The van der Waals surface area contributed by atoms with Crippen molar-refractivity contribution in [3.63, 3.8) is 0 Å². The van der Waals surface area contributed by atoms with Crippen molar-refractivity contribution in [2.75, 3.05) is 0 Å². The lowest BCUT2D eigenvalue weighted by molar-refractivity contribution is 0.0651. The number of para-hydroxylation sites is 1. The number of carbonyl (C=O) groups is 2. The maximum atomic E-state index is 11.2.